The molecule has 1 saturated carbocycles. The first-order valence-electron chi connectivity index (χ1n) is 7.67. The number of aliphatic imine (C=N–C) groups is 1. The topological polar surface area (TPSA) is 62.2 Å². The molecule has 0 bridgehead atoms. The molecule has 2 aliphatic heterocycles. The fourth-order valence-corrected chi connectivity index (χ4v) is 3.17. The third-order valence-electron chi connectivity index (χ3n) is 4.61. The average molecular weight is 293 g/mol. The van der Waals surface area contributed by atoms with E-state index in [-0.39, 0.29) is 11.8 Å². The summed E-state index contributed by atoms with van der Waals surface area (Å²) in [6.45, 7) is 4.35. The first kappa shape index (κ1) is 14.5. The highest BCUT2D eigenvalue weighted by molar-refractivity contribution is 5.99. The molecule has 1 saturated heterocycles. The van der Waals surface area contributed by atoms with E-state index in [1.165, 1.54) is 0 Å². The smallest absolute Gasteiger partial charge is 0.257 e. The van der Waals surface area contributed by atoms with E-state index in [0.29, 0.717) is 25.0 Å². The van der Waals surface area contributed by atoms with Gasteiger partial charge in [0.1, 0.15) is 0 Å². The Hall–Kier alpha value is -1.43. The minimum atomic E-state index is -0.781. The van der Waals surface area contributed by atoms with Crippen LogP contribution in [-0.4, -0.2) is 66.8 Å². The normalized spacial score (nSPS) is 32.3. The van der Waals surface area contributed by atoms with Gasteiger partial charge in [0.15, 0.2) is 5.54 Å². The van der Waals surface area contributed by atoms with Crippen LogP contribution in [-0.2, 0) is 14.3 Å². The van der Waals surface area contributed by atoms with Crippen LogP contribution in [0.4, 0.5) is 0 Å². The molecule has 116 valence electrons. The lowest BCUT2D eigenvalue weighted by molar-refractivity contribution is -0.132. The fourth-order valence-electron chi connectivity index (χ4n) is 3.17. The van der Waals surface area contributed by atoms with Crippen molar-refractivity contribution in [2.45, 2.75) is 31.7 Å². The summed E-state index contributed by atoms with van der Waals surface area (Å²) in [5, 5.41) is 0. The molecule has 0 aromatic carbocycles. The highest BCUT2D eigenvalue weighted by Crippen LogP contribution is 2.33. The fraction of sp³-hybridized carbons (Fsp3) is 0.800. The van der Waals surface area contributed by atoms with E-state index >= 15 is 0 Å². The second kappa shape index (κ2) is 5.40. The minimum Gasteiger partial charge on any atom is -0.382 e. The molecule has 0 spiro atoms. The highest BCUT2D eigenvalue weighted by atomic mass is 16.5. The summed E-state index contributed by atoms with van der Waals surface area (Å²) >= 11 is 0. The van der Waals surface area contributed by atoms with Crippen molar-refractivity contribution in [3.05, 3.63) is 0 Å². The number of methoxy groups -OCH3 is 1. The zero-order chi connectivity index (χ0) is 15.0. The molecule has 3 aliphatic rings. The van der Waals surface area contributed by atoms with Crippen molar-refractivity contribution in [3.63, 3.8) is 0 Å². The van der Waals surface area contributed by atoms with Crippen LogP contribution in [0.15, 0.2) is 4.99 Å². The van der Waals surface area contributed by atoms with Gasteiger partial charge in [0.2, 0.25) is 5.91 Å². The van der Waals surface area contributed by atoms with Crippen LogP contribution in [0.1, 0.15) is 26.2 Å². The standard InChI is InChI=1S/C15H23N3O3/c1-15(9-21-2)14(20)18(10-16-15)8-11-5-6-17(7-11)13(19)12-3-4-12/h10-12H,3-9H2,1-2H3/t11-,15?/m1/s1. The molecule has 1 aliphatic carbocycles. The maximum absolute atomic E-state index is 12.4. The van der Waals surface area contributed by atoms with Gasteiger partial charge in [-0.3, -0.25) is 14.6 Å². The van der Waals surface area contributed by atoms with E-state index in [2.05, 4.69) is 4.99 Å². The predicted molar refractivity (Wildman–Crippen MR) is 77.9 cm³/mol. The molecule has 0 radical (unpaired) electrons. The maximum Gasteiger partial charge on any atom is 0.257 e. The number of hydrogen-bond donors (Lipinski definition) is 0. The Balaban J connectivity index is 1.53. The molecule has 2 atom stereocenters. The van der Waals surface area contributed by atoms with Gasteiger partial charge in [0, 0.05) is 32.7 Å². The van der Waals surface area contributed by atoms with Crippen LogP contribution >= 0.6 is 0 Å². The van der Waals surface area contributed by atoms with Crippen molar-refractivity contribution in [2.75, 3.05) is 33.4 Å². The molecular formula is C15H23N3O3. The Labute approximate surface area is 125 Å². The highest BCUT2D eigenvalue weighted by Gasteiger charge is 2.42. The summed E-state index contributed by atoms with van der Waals surface area (Å²) < 4.78 is 5.09. The van der Waals surface area contributed by atoms with Crippen molar-refractivity contribution >= 4 is 18.2 Å². The molecule has 0 N–H and O–H groups in total. The number of rotatable bonds is 5. The van der Waals surface area contributed by atoms with Gasteiger partial charge >= 0.3 is 0 Å². The molecule has 1 unspecified atom stereocenters. The summed E-state index contributed by atoms with van der Waals surface area (Å²) in [5.41, 5.74) is -0.781. The SMILES string of the molecule is COCC1(C)N=CN(C[C@@H]2CCN(C(=O)C3CC3)C2)C1=O. The third kappa shape index (κ3) is 2.81. The summed E-state index contributed by atoms with van der Waals surface area (Å²) in [6.07, 6.45) is 4.70. The molecule has 2 heterocycles. The zero-order valence-corrected chi connectivity index (χ0v) is 12.7. The monoisotopic (exact) mass is 293 g/mol. The lowest BCUT2D eigenvalue weighted by Crippen LogP contribution is -2.44. The van der Waals surface area contributed by atoms with Gasteiger partial charge in [-0.1, -0.05) is 0 Å². The van der Waals surface area contributed by atoms with Crippen molar-refractivity contribution in [2.24, 2.45) is 16.8 Å². The number of likely N-dealkylation sites (tertiary alicyclic amines) is 1. The number of carbonyl (C=O) groups is 2. The number of hydrogen-bond acceptors (Lipinski definition) is 4. The summed E-state index contributed by atoms with van der Waals surface area (Å²) in [4.78, 5) is 32.4. The van der Waals surface area contributed by atoms with E-state index in [1.54, 1.807) is 25.3 Å². The largest absolute Gasteiger partial charge is 0.382 e. The van der Waals surface area contributed by atoms with Gasteiger partial charge in [-0.2, -0.15) is 0 Å². The van der Waals surface area contributed by atoms with Crippen molar-refractivity contribution in [1.82, 2.24) is 9.80 Å². The van der Waals surface area contributed by atoms with E-state index in [9.17, 15) is 9.59 Å². The number of carbonyl (C=O) groups excluding carboxylic acids is 2. The lowest BCUT2D eigenvalue weighted by Gasteiger charge is -2.23. The van der Waals surface area contributed by atoms with Crippen molar-refractivity contribution in [1.29, 1.82) is 0 Å². The Morgan fingerprint density at radius 2 is 2.24 bits per heavy atom. The molecule has 0 aromatic rings. The van der Waals surface area contributed by atoms with Gasteiger partial charge < -0.3 is 14.5 Å². The zero-order valence-electron chi connectivity index (χ0n) is 12.7. The van der Waals surface area contributed by atoms with Crippen LogP contribution < -0.4 is 0 Å². The second-order valence-electron chi connectivity index (χ2n) is 6.62. The van der Waals surface area contributed by atoms with E-state index in [0.717, 1.165) is 32.4 Å². The van der Waals surface area contributed by atoms with Gasteiger partial charge in [-0.15, -0.1) is 0 Å². The van der Waals surface area contributed by atoms with E-state index < -0.39 is 5.54 Å². The van der Waals surface area contributed by atoms with Gasteiger partial charge in [-0.25, -0.2) is 0 Å². The quantitative estimate of drug-likeness (QED) is 0.742. The molecular weight excluding hydrogens is 270 g/mol. The molecule has 6 heteroatoms. The van der Waals surface area contributed by atoms with Gasteiger partial charge in [-0.05, 0) is 32.1 Å². The Bertz CT molecular complexity index is 475. The van der Waals surface area contributed by atoms with E-state index in [4.69, 9.17) is 4.74 Å². The average Bonchev–Trinajstić information content (AvgIpc) is 3.15. The first-order chi connectivity index (χ1) is 10.0. The van der Waals surface area contributed by atoms with Gasteiger partial charge in [0.05, 0.1) is 12.9 Å². The Morgan fingerprint density at radius 3 is 2.90 bits per heavy atom. The predicted octanol–water partition coefficient (Wildman–Crippen LogP) is 0.520. The second-order valence-corrected chi connectivity index (χ2v) is 6.62. The molecule has 3 rings (SSSR count). The van der Waals surface area contributed by atoms with Crippen LogP contribution in [0.3, 0.4) is 0 Å². The summed E-state index contributed by atoms with van der Waals surface area (Å²) in [6, 6.07) is 0. The number of nitrogens with zero attached hydrogens (tertiary/aromatic N) is 3. The molecule has 2 fully saturated rings. The molecule has 0 aromatic heterocycles. The minimum absolute atomic E-state index is 0.00341. The first-order valence-corrected chi connectivity index (χ1v) is 7.67. The number of amides is 2. The van der Waals surface area contributed by atoms with Crippen LogP contribution in [0.25, 0.3) is 0 Å². The van der Waals surface area contributed by atoms with Crippen molar-refractivity contribution < 1.29 is 14.3 Å². The molecule has 6 nitrogen and oxygen atoms in total. The van der Waals surface area contributed by atoms with Gasteiger partial charge in [0.25, 0.3) is 5.91 Å². The third-order valence-corrected chi connectivity index (χ3v) is 4.61. The summed E-state index contributed by atoms with van der Waals surface area (Å²) in [7, 11) is 1.58. The maximum atomic E-state index is 12.4. The molecule has 2 amide bonds. The number of ether oxygens (including phenoxy) is 1. The van der Waals surface area contributed by atoms with E-state index in [1.807, 2.05) is 4.90 Å². The molecule has 21 heavy (non-hydrogen) atoms. The van der Waals surface area contributed by atoms with Crippen molar-refractivity contribution in [3.8, 4) is 0 Å². The van der Waals surface area contributed by atoms with Crippen LogP contribution in [0.2, 0.25) is 0 Å². The lowest BCUT2D eigenvalue weighted by atomic mass is 10.0. The van der Waals surface area contributed by atoms with Crippen LogP contribution in [0.5, 0.6) is 0 Å². The Kier molecular flexibility index (Phi) is 3.73. The summed E-state index contributed by atoms with van der Waals surface area (Å²) in [5.74, 6) is 0.941. The van der Waals surface area contributed by atoms with Crippen LogP contribution in [0, 0.1) is 11.8 Å². The Morgan fingerprint density at radius 1 is 1.48 bits per heavy atom.